The minimum atomic E-state index is 0.890. The van der Waals surface area contributed by atoms with Gasteiger partial charge >= 0.3 is 0 Å². The van der Waals surface area contributed by atoms with Crippen molar-refractivity contribution in [3.63, 3.8) is 0 Å². The molecule has 2 aliphatic rings. The molecule has 0 unspecified atom stereocenters. The first-order valence-electron chi connectivity index (χ1n) is 8.80. The molecule has 1 saturated heterocycles. The van der Waals surface area contributed by atoms with Gasteiger partial charge in [0.1, 0.15) is 12.2 Å². The molecular weight excluding hydrogens is 286 g/mol. The topological polar surface area (TPSA) is 37.2 Å². The molecular formula is C18H25N5. The Morgan fingerprint density at radius 1 is 1.04 bits per heavy atom. The number of piperazine rings is 1. The van der Waals surface area contributed by atoms with E-state index < -0.39 is 0 Å². The molecule has 1 aliphatic heterocycles. The van der Waals surface area contributed by atoms with Crippen LogP contribution in [-0.2, 0) is 19.4 Å². The zero-order valence-corrected chi connectivity index (χ0v) is 13.9. The van der Waals surface area contributed by atoms with Crippen LogP contribution >= 0.6 is 0 Å². The molecule has 0 bridgehead atoms. The largest absolute Gasteiger partial charge is 0.301 e. The standard InChI is InChI=1S/C18H25N5/c1-2-21-9-11-22(12-10-21)13-18-19-14-20-23(18)17-8-4-6-15-5-3-7-16(15)17/h4,6,8,14H,2-3,5,7,9-13H2,1H3. The van der Waals surface area contributed by atoms with E-state index in [0.717, 1.165) is 45.1 Å². The lowest BCUT2D eigenvalue weighted by Gasteiger charge is -2.33. The van der Waals surface area contributed by atoms with Crippen LogP contribution in [0.1, 0.15) is 30.3 Å². The van der Waals surface area contributed by atoms with Gasteiger partial charge in [-0.2, -0.15) is 5.10 Å². The molecule has 0 atom stereocenters. The monoisotopic (exact) mass is 311 g/mol. The van der Waals surface area contributed by atoms with E-state index in [9.17, 15) is 0 Å². The molecule has 1 aromatic carbocycles. The van der Waals surface area contributed by atoms with Crippen molar-refractivity contribution in [2.24, 2.45) is 0 Å². The highest BCUT2D eigenvalue weighted by atomic mass is 15.4. The van der Waals surface area contributed by atoms with Gasteiger partial charge in [0.15, 0.2) is 0 Å². The number of hydrogen-bond acceptors (Lipinski definition) is 4. The van der Waals surface area contributed by atoms with Gasteiger partial charge in [0.2, 0.25) is 0 Å². The van der Waals surface area contributed by atoms with E-state index in [2.05, 4.69) is 49.7 Å². The molecule has 1 fully saturated rings. The molecule has 5 heteroatoms. The second-order valence-electron chi connectivity index (χ2n) is 6.57. The van der Waals surface area contributed by atoms with Gasteiger partial charge in [-0.05, 0) is 43.0 Å². The molecule has 0 spiro atoms. The van der Waals surface area contributed by atoms with Crippen LogP contribution in [0.2, 0.25) is 0 Å². The second kappa shape index (κ2) is 6.42. The number of hydrogen-bond donors (Lipinski definition) is 0. The number of benzene rings is 1. The van der Waals surface area contributed by atoms with Crippen LogP contribution < -0.4 is 0 Å². The highest BCUT2D eigenvalue weighted by Crippen LogP contribution is 2.28. The summed E-state index contributed by atoms with van der Waals surface area (Å²) in [6.07, 6.45) is 5.33. The van der Waals surface area contributed by atoms with Crippen LogP contribution in [0.25, 0.3) is 5.69 Å². The van der Waals surface area contributed by atoms with Crippen molar-refractivity contribution >= 4 is 0 Å². The fourth-order valence-electron chi connectivity index (χ4n) is 3.84. The lowest BCUT2D eigenvalue weighted by molar-refractivity contribution is 0.129. The zero-order valence-electron chi connectivity index (χ0n) is 13.9. The smallest absolute Gasteiger partial charge is 0.146 e. The molecule has 0 saturated carbocycles. The maximum atomic E-state index is 4.55. The average Bonchev–Trinajstić information content (AvgIpc) is 3.24. The van der Waals surface area contributed by atoms with Gasteiger partial charge in [0.25, 0.3) is 0 Å². The Morgan fingerprint density at radius 2 is 1.87 bits per heavy atom. The Hall–Kier alpha value is -1.72. The third kappa shape index (κ3) is 2.91. The number of likely N-dealkylation sites (N-methyl/N-ethyl adjacent to an activating group) is 1. The van der Waals surface area contributed by atoms with E-state index in [4.69, 9.17) is 0 Å². The van der Waals surface area contributed by atoms with Crippen molar-refractivity contribution in [2.75, 3.05) is 32.7 Å². The normalized spacial score (nSPS) is 19.2. The quantitative estimate of drug-likeness (QED) is 0.864. The summed E-state index contributed by atoms with van der Waals surface area (Å²) in [5, 5.41) is 4.53. The number of aromatic nitrogens is 3. The van der Waals surface area contributed by atoms with Gasteiger partial charge in [-0.15, -0.1) is 0 Å². The number of nitrogens with zero attached hydrogens (tertiary/aromatic N) is 5. The molecule has 2 aromatic rings. The molecule has 1 aromatic heterocycles. The van der Waals surface area contributed by atoms with Crippen molar-refractivity contribution in [3.05, 3.63) is 41.5 Å². The minimum absolute atomic E-state index is 0.890. The lowest BCUT2D eigenvalue weighted by atomic mass is 10.1. The number of aryl methyl sites for hydroxylation is 1. The van der Waals surface area contributed by atoms with Gasteiger partial charge in [-0.3, -0.25) is 4.90 Å². The van der Waals surface area contributed by atoms with E-state index in [0.29, 0.717) is 0 Å². The SMILES string of the molecule is CCN1CCN(Cc2ncnn2-c2cccc3c2CCC3)CC1. The summed E-state index contributed by atoms with van der Waals surface area (Å²) in [5.74, 6) is 1.07. The lowest BCUT2D eigenvalue weighted by Crippen LogP contribution is -2.45. The van der Waals surface area contributed by atoms with Gasteiger partial charge in [-0.25, -0.2) is 9.67 Å². The maximum absolute atomic E-state index is 4.55. The Kier molecular flexibility index (Phi) is 4.14. The summed E-state index contributed by atoms with van der Waals surface area (Å²) < 4.78 is 2.07. The summed E-state index contributed by atoms with van der Waals surface area (Å²) >= 11 is 0. The van der Waals surface area contributed by atoms with Crippen LogP contribution in [0.5, 0.6) is 0 Å². The fourth-order valence-corrected chi connectivity index (χ4v) is 3.84. The highest BCUT2D eigenvalue weighted by molar-refractivity contribution is 5.48. The number of rotatable bonds is 4. The number of fused-ring (bicyclic) bond motifs is 1. The van der Waals surface area contributed by atoms with E-state index in [1.165, 1.54) is 36.1 Å². The Bertz CT molecular complexity index is 670. The Labute approximate surface area is 137 Å². The predicted octanol–water partition coefficient (Wildman–Crippen LogP) is 1.89. The summed E-state index contributed by atoms with van der Waals surface area (Å²) in [7, 11) is 0. The average molecular weight is 311 g/mol. The molecule has 1 aliphatic carbocycles. The van der Waals surface area contributed by atoms with Crippen LogP contribution in [0.3, 0.4) is 0 Å². The van der Waals surface area contributed by atoms with E-state index in [1.807, 2.05) is 0 Å². The van der Waals surface area contributed by atoms with Crippen molar-refractivity contribution in [1.82, 2.24) is 24.6 Å². The maximum Gasteiger partial charge on any atom is 0.146 e. The molecule has 122 valence electrons. The summed E-state index contributed by atoms with van der Waals surface area (Å²) in [6, 6.07) is 6.61. The van der Waals surface area contributed by atoms with E-state index in [1.54, 1.807) is 6.33 Å². The minimum Gasteiger partial charge on any atom is -0.301 e. The zero-order chi connectivity index (χ0) is 15.6. The Morgan fingerprint density at radius 3 is 2.70 bits per heavy atom. The first-order valence-corrected chi connectivity index (χ1v) is 8.80. The first-order chi connectivity index (χ1) is 11.3. The van der Waals surface area contributed by atoms with Gasteiger partial charge in [0, 0.05) is 26.2 Å². The van der Waals surface area contributed by atoms with Crippen LogP contribution in [-0.4, -0.2) is 57.3 Å². The van der Waals surface area contributed by atoms with Crippen molar-refractivity contribution in [3.8, 4) is 5.69 Å². The molecule has 2 heterocycles. The van der Waals surface area contributed by atoms with Crippen LogP contribution in [0.4, 0.5) is 0 Å². The molecule has 0 N–H and O–H groups in total. The Balaban J connectivity index is 1.54. The van der Waals surface area contributed by atoms with Gasteiger partial charge in [-0.1, -0.05) is 19.1 Å². The highest BCUT2D eigenvalue weighted by Gasteiger charge is 2.21. The molecule has 23 heavy (non-hydrogen) atoms. The molecule has 0 amide bonds. The van der Waals surface area contributed by atoms with E-state index in [-0.39, 0.29) is 0 Å². The van der Waals surface area contributed by atoms with Crippen molar-refractivity contribution in [1.29, 1.82) is 0 Å². The van der Waals surface area contributed by atoms with Crippen LogP contribution in [0.15, 0.2) is 24.5 Å². The summed E-state index contributed by atoms with van der Waals surface area (Å²) in [4.78, 5) is 9.55. The summed E-state index contributed by atoms with van der Waals surface area (Å²) in [6.45, 7) is 8.83. The van der Waals surface area contributed by atoms with Crippen molar-refractivity contribution < 1.29 is 0 Å². The van der Waals surface area contributed by atoms with Gasteiger partial charge in [0.05, 0.1) is 12.2 Å². The van der Waals surface area contributed by atoms with Gasteiger partial charge < -0.3 is 4.90 Å². The third-order valence-electron chi connectivity index (χ3n) is 5.24. The van der Waals surface area contributed by atoms with E-state index >= 15 is 0 Å². The second-order valence-corrected chi connectivity index (χ2v) is 6.57. The predicted molar refractivity (Wildman–Crippen MR) is 90.8 cm³/mol. The third-order valence-corrected chi connectivity index (χ3v) is 5.24. The summed E-state index contributed by atoms with van der Waals surface area (Å²) in [5.41, 5.74) is 4.19. The molecule has 0 radical (unpaired) electrons. The molecule has 5 nitrogen and oxygen atoms in total. The van der Waals surface area contributed by atoms with Crippen LogP contribution in [0, 0.1) is 0 Å². The molecule has 4 rings (SSSR count). The van der Waals surface area contributed by atoms with Crippen molar-refractivity contribution in [2.45, 2.75) is 32.7 Å². The first kappa shape index (κ1) is 14.8. The fraction of sp³-hybridized carbons (Fsp3) is 0.556.